The first-order valence-corrected chi connectivity index (χ1v) is 12.7. The molecule has 0 aromatic heterocycles. The fourth-order valence-corrected chi connectivity index (χ4v) is 5.87. The summed E-state index contributed by atoms with van der Waals surface area (Å²) in [6.45, 7) is 2.84. The first-order valence-electron chi connectivity index (χ1n) is 12.7. The largest absolute Gasteiger partial charge is 0.489 e. The number of benzene rings is 1. The number of carbonyl (C=O) groups is 3. The summed E-state index contributed by atoms with van der Waals surface area (Å²) in [7, 11) is 0. The Labute approximate surface area is 194 Å². The van der Waals surface area contributed by atoms with E-state index < -0.39 is 6.04 Å². The molecule has 3 amide bonds. The van der Waals surface area contributed by atoms with Crippen LogP contribution in [0.3, 0.4) is 0 Å². The predicted molar refractivity (Wildman–Crippen MR) is 122 cm³/mol. The van der Waals surface area contributed by atoms with Crippen LogP contribution in [0.15, 0.2) is 18.2 Å². The van der Waals surface area contributed by atoms with Gasteiger partial charge in [0.2, 0.25) is 11.8 Å². The van der Waals surface area contributed by atoms with Crippen LogP contribution in [0.1, 0.15) is 73.7 Å². The van der Waals surface area contributed by atoms with E-state index in [0.29, 0.717) is 24.6 Å². The molecule has 3 unspecified atom stereocenters. The molecular formula is C26H33N3O4. The van der Waals surface area contributed by atoms with Gasteiger partial charge in [-0.3, -0.25) is 24.6 Å². The van der Waals surface area contributed by atoms with Gasteiger partial charge in [0.25, 0.3) is 5.91 Å². The predicted octanol–water partition coefficient (Wildman–Crippen LogP) is 2.87. The number of ether oxygens (including phenoxy) is 1. The van der Waals surface area contributed by atoms with E-state index in [1.807, 2.05) is 18.2 Å². The molecule has 3 saturated carbocycles. The molecule has 1 aromatic rings. The lowest BCUT2D eigenvalue weighted by Gasteiger charge is -2.33. The van der Waals surface area contributed by atoms with E-state index in [0.717, 1.165) is 29.6 Å². The molecule has 3 atom stereocenters. The van der Waals surface area contributed by atoms with Crippen molar-refractivity contribution in [3.8, 4) is 5.75 Å². The lowest BCUT2D eigenvalue weighted by atomic mass is 10.0. The molecule has 176 valence electrons. The Morgan fingerprint density at radius 1 is 0.970 bits per heavy atom. The Morgan fingerprint density at radius 2 is 1.73 bits per heavy atom. The Hall–Kier alpha value is -2.41. The van der Waals surface area contributed by atoms with Gasteiger partial charge < -0.3 is 9.64 Å². The van der Waals surface area contributed by atoms with Crippen molar-refractivity contribution in [1.82, 2.24) is 15.1 Å². The SMILES string of the molecule is O=C1CCC(N2Cc3cc(OC4CCCC4N(CC4CC4)CC4CC4)ccc3C2=O)C(=O)N1. The standard InChI is InChI=1S/C26H33N3O4/c30-24-11-10-22(25(31)27-24)29-15-18-12-19(8-9-20(18)26(29)32)33-23-3-1-2-21(23)28(13-16-4-5-16)14-17-6-7-17/h8-9,12,16-17,21-23H,1-7,10-11,13-15H2,(H,27,30,31). The molecule has 7 heteroatoms. The summed E-state index contributed by atoms with van der Waals surface area (Å²) in [6, 6.07) is 5.65. The van der Waals surface area contributed by atoms with Gasteiger partial charge in [-0.15, -0.1) is 0 Å². The molecule has 4 fully saturated rings. The van der Waals surface area contributed by atoms with Crippen molar-refractivity contribution >= 4 is 17.7 Å². The maximum Gasteiger partial charge on any atom is 0.255 e. The molecule has 0 spiro atoms. The first-order chi connectivity index (χ1) is 16.0. The average molecular weight is 452 g/mol. The second-order valence-electron chi connectivity index (χ2n) is 10.7. The molecule has 6 rings (SSSR count). The summed E-state index contributed by atoms with van der Waals surface area (Å²) in [5.74, 6) is 1.82. The summed E-state index contributed by atoms with van der Waals surface area (Å²) in [5.41, 5.74) is 1.55. The third kappa shape index (κ3) is 4.39. The highest BCUT2D eigenvalue weighted by Gasteiger charge is 2.41. The molecule has 0 radical (unpaired) electrons. The number of hydrogen-bond acceptors (Lipinski definition) is 5. The average Bonchev–Trinajstić information content (AvgIpc) is 3.71. The lowest BCUT2D eigenvalue weighted by molar-refractivity contribution is -0.136. The Balaban J connectivity index is 1.14. The van der Waals surface area contributed by atoms with Gasteiger partial charge >= 0.3 is 0 Å². The minimum absolute atomic E-state index is 0.134. The van der Waals surface area contributed by atoms with Crippen LogP contribution >= 0.6 is 0 Å². The fraction of sp³-hybridized carbons (Fsp3) is 0.654. The number of fused-ring (bicyclic) bond motifs is 1. The van der Waals surface area contributed by atoms with Crippen LogP contribution < -0.4 is 10.1 Å². The van der Waals surface area contributed by atoms with Gasteiger partial charge in [-0.1, -0.05) is 0 Å². The summed E-state index contributed by atoms with van der Waals surface area (Å²) in [4.78, 5) is 41.1. The van der Waals surface area contributed by atoms with E-state index in [1.54, 1.807) is 4.90 Å². The van der Waals surface area contributed by atoms with Crippen LogP contribution in [0.2, 0.25) is 0 Å². The van der Waals surface area contributed by atoms with Crippen molar-refractivity contribution in [2.45, 2.75) is 82.5 Å². The normalized spacial score (nSPS) is 29.5. The number of piperidine rings is 1. The Kier molecular flexibility index (Phi) is 5.40. The number of nitrogens with one attached hydrogen (secondary N) is 1. The number of rotatable bonds is 8. The minimum Gasteiger partial charge on any atom is -0.489 e. The molecular weight excluding hydrogens is 418 g/mol. The van der Waals surface area contributed by atoms with Crippen LogP contribution in [0.25, 0.3) is 0 Å². The zero-order chi connectivity index (χ0) is 22.5. The quantitative estimate of drug-likeness (QED) is 0.615. The zero-order valence-corrected chi connectivity index (χ0v) is 19.1. The third-order valence-corrected chi connectivity index (χ3v) is 8.05. The minimum atomic E-state index is -0.579. The van der Waals surface area contributed by atoms with E-state index in [4.69, 9.17) is 4.74 Å². The van der Waals surface area contributed by atoms with Crippen LogP contribution in [0, 0.1) is 11.8 Å². The number of carbonyl (C=O) groups excluding carboxylic acids is 3. The number of nitrogens with zero attached hydrogens (tertiary/aromatic N) is 2. The van der Waals surface area contributed by atoms with Crippen molar-refractivity contribution in [2.75, 3.05) is 13.1 Å². The molecule has 5 aliphatic rings. The number of imide groups is 1. The third-order valence-electron chi connectivity index (χ3n) is 8.05. The summed E-state index contributed by atoms with van der Waals surface area (Å²) in [6.07, 6.45) is 9.85. The maximum atomic E-state index is 13.0. The second kappa shape index (κ2) is 8.42. The monoisotopic (exact) mass is 451 g/mol. The van der Waals surface area contributed by atoms with Crippen LogP contribution in [-0.2, 0) is 16.1 Å². The molecule has 7 nitrogen and oxygen atoms in total. The highest BCUT2D eigenvalue weighted by molar-refractivity contribution is 6.05. The van der Waals surface area contributed by atoms with Crippen LogP contribution in [0.4, 0.5) is 0 Å². The van der Waals surface area contributed by atoms with E-state index in [-0.39, 0.29) is 30.2 Å². The number of amides is 3. The topological polar surface area (TPSA) is 79.0 Å². The van der Waals surface area contributed by atoms with Crippen molar-refractivity contribution in [3.05, 3.63) is 29.3 Å². The van der Waals surface area contributed by atoms with E-state index >= 15 is 0 Å². The molecule has 1 N–H and O–H groups in total. The van der Waals surface area contributed by atoms with Crippen LogP contribution in [0.5, 0.6) is 5.75 Å². The molecule has 3 aliphatic carbocycles. The van der Waals surface area contributed by atoms with Crippen molar-refractivity contribution in [3.63, 3.8) is 0 Å². The van der Waals surface area contributed by atoms with Gasteiger partial charge in [0, 0.05) is 37.7 Å². The van der Waals surface area contributed by atoms with Gasteiger partial charge in [-0.05, 0) is 87.0 Å². The van der Waals surface area contributed by atoms with Crippen molar-refractivity contribution < 1.29 is 19.1 Å². The van der Waals surface area contributed by atoms with E-state index in [9.17, 15) is 14.4 Å². The molecule has 1 aromatic carbocycles. The molecule has 2 aliphatic heterocycles. The smallest absolute Gasteiger partial charge is 0.255 e. The zero-order valence-electron chi connectivity index (χ0n) is 19.1. The molecule has 2 heterocycles. The molecule has 1 saturated heterocycles. The lowest BCUT2D eigenvalue weighted by Crippen LogP contribution is -2.52. The fourth-order valence-electron chi connectivity index (χ4n) is 5.87. The highest BCUT2D eigenvalue weighted by Crippen LogP contribution is 2.38. The van der Waals surface area contributed by atoms with Gasteiger partial charge in [-0.2, -0.15) is 0 Å². The summed E-state index contributed by atoms with van der Waals surface area (Å²) >= 11 is 0. The maximum absolute atomic E-state index is 13.0. The van der Waals surface area contributed by atoms with Gasteiger partial charge in [0.15, 0.2) is 0 Å². The van der Waals surface area contributed by atoms with E-state index in [1.165, 1.54) is 51.6 Å². The highest BCUT2D eigenvalue weighted by atomic mass is 16.5. The van der Waals surface area contributed by atoms with Gasteiger partial charge in [0.1, 0.15) is 17.9 Å². The van der Waals surface area contributed by atoms with Crippen molar-refractivity contribution in [1.29, 1.82) is 0 Å². The number of hydrogen-bond donors (Lipinski definition) is 1. The molecule has 0 bridgehead atoms. The Bertz CT molecular complexity index is 956. The first kappa shape index (κ1) is 21.1. The van der Waals surface area contributed by atoms with Gasteiger partial charge in [0.05, 0.1) is 0 Å². The molecule has 33 heavy (non-hydrogen) atoms. The second-order valence-corrected chi connectivity index (χ2v) is 10.7. The van der Waals surface area contributed by atoms with Gasteiger partial charge in [-0.25, -0.2) is 0 Å². The van der Waals surface area contributed by atoms with E-state index in [2.05, 4.69) is 10.2 Å². The summed E-state index contributed by atoms with van der Waals surface area (Å²) < 4.78 is 6.55. The Morgan fingerprint density at radius 3 is 2.42 bits per heavy atom. The van der Waals surface area contributed by atoms with Crippen molar-refractivity contribution in [2.24, 2.45) is 11.8 Å². The summed E-state index contributed by atoms with van der Waals surface area (Å²) in [5, 5.41) is 2.36. The van der Waals surface area contributed by atoms with Crippen LogP contribution in [-0.4, -0.2) is 58.8 Å².